The topological polar surface area (TPSA) is 136 Å². The van der Waals surface area contributed by atoms with E-state index in [0.717, 1.165) is 34.9 Å². The number of benzene rings is 3. The summed E-state index contributed by atoms with van der Waals surface area (Å²) in [4.78, 5) is 22.1. The van der Waals surface area contributed by atoms with Crippen molar-refractivity contribution in [3.05, 3.63) is 110 Å². The number of ether oxygens (including phenoxy) is 4. The number of nitrogens with one attached hydrogen (secondary N) is 1. The number of carbonyl (C=O) groups is 2. The summed E-state index contributed by atoms with van der Waals surface area (Å²) < 4.78 is 34.6. The van der Waals surface area contributed by atoms with Crippen molar-refractivity contribution in [3.63, 3.8) is 0 Å². The third-order valence-corrected chi connectivity index (χ3v) is 6.82. The lowest BCUT2D eigenvalue weighted by Crippen LogP contribution is -2.24. The normalized spacial score (nSPS) is 10.9. The van der Waals surface area contributed by atoms with Gasteiger partial charge < -0.3 is 18.9 Å². The van der Waals surface area contributed by atoms with Crippen LogP contribution in [0, 0.1) is 5.82 Å². The van der Waals surface area contributed by atoms with E-state index < -0.39 is 17.8 Å². The molecule has 1 aromatic heterocycles. The Labute approximate surface area is 274 Å². The zero-order valence-corrected chi connectivity index (χ0v) is 26.2. The van der Waals surface area contributed by atoms with Crippen molar-refractivity contribution in [2.75, 3.05) is 43.9 Å². The first-order valence-electron chi connectivity index (χ1n) is 14.1. The van der Waals surface area contributed by atoms with E-state index in [9.17, 15) is 14.0 Å². The summed E-state index contributed by atoms with van der Waals surface area (Å²) in [6.07, 6.45) is 2.14. The smallest absolute Gasteiger partial charge is 0.330 e. The summed E-state index contributed by atoms with van der Waals surface area (Å²) in [5.74, 6) is -1.02. The van der Waals surface area contributed by atoms with E-state index in [1.165, 1.54) is 6.07 Å². The summed E-state index contributed by atoms with van der Waals surface area (Å²) in [6, 6.07) is 23.0. The summed E-state index contributed by atoms with van der Waals surface area (Å²) >= 11 is 0.993. The number of nitrogens with zero attached hydrogens (tertiary/aromatic N) is 5. The molecule has 3 aromatic carbocycles. The lowest BCUT2D eigenvalue weighted by atomic mass is 10.3. The van der Waals surface area contributed by atoms with Crippen molar-refractivity contribution >= 4 is 56.7 Å². The highest BCUT2D eigenvalue weighted by Crippen LogP contribution is 2.36. The van der Waals surface area contributed by atoms with Crippen molar-refractivity contribution in [3.8, 4) is 10.8 Å². The third-order valence-electron chi connectivity index (χ3n) is 5.92. The molecule has 242 valence electrons. The summed E-state index contributed by atoms with van der Waals surface area (Å²) in [5, 5.41) is 19.0. The highest BCUT2D eigenvalue weighted by molar-refractivity contribution is 7.17. The second-order valence-electron chi connectivity index (χ2n) is 9.29. The molecule has 0 saturated carbocycles. The van der Waals surface area contributed by atoms with Crippen molar-refractivity contribution < 1.29 is 32.9 Å². The van der Waals surface area contributed by atoms with Gasteiger partial charge in [0.05, 0.1) is 28.4 Å². The van der Waals surface area contributed by atoms with Gasteiger partial charge in [0, 0.05) is 25.3 Å². The molecule has 4 rings (SSSR count). The van der Waals surface area contributed by atoms with Crippen LogP contribution in [-0.2, 0) is 19.1 Å². The maximum atomic E-state index is 14.1. The first-order chi connectivity index (χ1) is 22.8. The summed E-state index contributed by atoms with van der Waals surface area (Å²) in [5.41, 5.74) is 6.91. The molecule has 1 N–H and O–H groups in total. The number of anilines is 2. The van der Waals surface area contributed by atoms with Crippen LogP contribution in [0.2, 0.25) is 0 Å². The molecule has 47 heavy (non-hydrogen) atoms. The highest BCUT2D eigenvalue weighted by atomic mass is 32.1. The Hall–Kier alpha value is -5.89. The number of carbonyl (C=O) groups excluding carboxylic acids is 2. The van der Waals surface area contributed by atoms with E-state index >= 15 is 0 Å². The monoisotopic (exact) mass is 658 g/mol. The van der Waals surface area contributed by atoms with Gasteiger partial charge in [0.2, 0.25) is 5.06 Å². The molecule has 0 saturated heterocycles. The minimum absolute atomic E-state index is 0.000552. The second kappa shape index (κ2) is 17.6. The van der Waals surface area contributed by atoms with Crippen molar-refractivity contribution in [2.24, 2.45) is 20.5 Å². The lowest BCUT2D eigenvalue weighted by molar-refractivity contribution is -0.139. The number of thiophene rings is 1. The van der Waals surface area contributed by atoms with Gasteiger partial charge in [0.1, 0.15) is 37.2 Å². The minimum Gasteiger partial charge on any atom is -0.490 e. The van der Waals surface area contributed by atoms with Gasteiger partial charge >= 0.3 is 11.9 Å². The third kappa shape index (κ3) is 11.2. The predicted octanol–water partition coefficient (Wildman–Crippen LogP) is 8.40. The molecule has 0 amide bonds. The van der Waals surface area contributed by atoms with E-state index in [1.807, 2.05) is 48.5 Å². The molecular weight excluding hydrogens is 627 g/mol. The zero-order chi connectivity index (χ0) is 33.4. The van der Waals surface area contributed by atoms with Crippen LogP contribution in [0.25, 0.3) is 0 Å². The molecule has 0 atom stereocenters. The fourth-order valence-electron chi connectivity index (χ4n) is 3.62. The van der Waals surface area contributed by atoms with Gasteiger partial charge in [0.25, 0.3) is 0 Å². The molecule has 4 aromatic rings. The Bertz CT molecular complexity index is 1710. The van der Waals surface area contributed by atoms with Crippen LogP contribution >= 0.6 is 11.3 Å². The van der Waals surface area contributed by atoms with Crippen molar-refractivity contribution in [1.82, 2.24) is 0 Å². The van der Waals surface area contributed by atoms with E-state index in [2.05, 4.69) is 39.0 Å². The standard InChI is InChI=1S/C33H31FN6O6S/c1-4-31(41)44-19-18-43-28-16-12-25(13-17-28)36-35-23-6-8-26(9-7-23)39-40(3)27-14-10-24(11-15-27)37-38-30-22-29(34)33(47-30)46-21-20-45-32(42)5-2/h4-17,22,39H,1-2,18-21H2,3H3/b36-35+,38-37+. The number of esters is 2. The van der Waals surface area contributed by atoms with E-state index in [0.29, 0.717) is 27.8 Å². The fourth-order valence-corrected chi connectivity index (χ4v) is 4.35. The summed E-state index contributed by atoms with van der Waals surface area (Å²) in [7, 11) is 1.87. The largest absolute Gasteiger partial charge is 0.490 e. The number of rotatable bonds is 17. The summed E-state index contributed by atoms with van der Waals surface area (Å²) in [6.45, 7) is 6.97. The second-order valence-corrected chi connectivity index (χ2v) is 10.3. The van der Waals surface area contributed by atoms with Crippen molar-refractivity contribution in [1.29, 1.82) is 0 Å². The number of halogens is 1. The number of hydrogen-bond donors (Lipinski definition) is 1. The molecule has 0 radical (unpaired) electrons. The van der Waals surface area contributed by atoms with Gasteiger partial charge in [-0.15, -0.1) is 10.2 Å². The fraction of sp³-hybridized carbons (Fsp3) is 0.152. The van der Waals surface area contributed by atoms with Crippen LogP contribution in [0.5, 0.6) is 10.8 Å². The van der Waals surface area contributed by atoms with E-state index in [1.54, 1.807) is 36.4 Å². The van der Waals surface area contributed by atoms with E-state index in [4.69, 9.17) is 18.9 Å². The molecule has 1 heterocycles. The maximum absolute atomic E-state index is 14.1. The average molecular weight is 659 g/mol. The van der Waals surface area contributed by atoms with Crippen molar-refractivity contribution in [2.45, 2.75) is 0 Å². The van der Waals surface area contributed by atoms with Crippen LogP contribution < -0.4 is 19.9 Å². The van der Waals surface area contributed by atoms with Gasteiger partial charge in [-0.25, -0.2) is 14.0 Å². The lowest BCUT2D eigenvalue weighted by Gasteiger charge is -2.21. The Morgan fingerprint density at radius 2 is 1.28 bits per heavy atom. The molecule has 0 unspecified atom stereocenters. The van der Waals surface area contributed by atoms with Crippen LogP contribution in [-0.4, -0.2) is 45.4 Å². The highest BCUT2D eigenvalue weighted by Gasteiger charge is 2.11. The maximum Gasteiger partial charge on any atom is 0.330 e. The number of hydrogen-bond acceptors (Lipinski definition) is 13. The molecule has 0 aliphatic heterocycles. The zero-order valence-electron chi connectivity index (χ0n) is 25.4. The molecule has 14 heteroatoms. The SMILES string of the molecule is C=CC(=O)OCCOc1ccc(/N=N/c2ccc(NN(C)c3ccc(/N=N/c4cc(F)c(OCCOC(=O)C=C)s4)cc3)cc2)cc1. The molecule has 0 spiro atoms. The van der Waals surface area contributed by atoms with Gasteiger partial charge in [-0.1, -0.05) is 24.5 Å². The van der Waals surface area contributed by atoms with Crippen LogP contribution in [0.15, 0.2) is 125 Å². The van der Waals surface area contributed by atoms with Crippen LogP contribution in [0.4, 0.5) is 37.8 Å². The molecular formula is C33H31FN6O6S. The molecule has 0 fully saturated rings. The van der Waals surface area contributed by atoms with Gasteiger partial charge in [-0.3, -0.25) is 10.4 Å². The molecule has 0 aliphatic rings. The quantitative estimate of drug-likeness (QED) is 0.0393. The van der Waals surface area contributed by atoms with Gasteiger partial charge in [0.15, 0.2) is 5.82 Å². The minimum atomic E-state index is -0.576. The average Bonchev–Trinajstić information content (AvgIpc) is 3.46. The Morgan fingerprint density at radius 3 is 1.85 bits per heavy atom. The Kier molecular flexibility index (Phi) is 12.7. The van der Waals surface area contributed by atoms with Gasteiger partial charge in [-0.05, 0) is 72.8 Å². The predicted molar refractivity (Wildman–Crippen MR) is 177 cm³/mol. The Balaban J connectivity index is 1.22. The van der Waals surface area contributed by atoms with Crippen LogP contribution in [0.1, 0.15) is 0 Å². The van der Waals surface area contributed by atoms with Crippen LogP contribution in [0.3, 0.4) is 0 Å². The number of hydrazine groups is 1. The number of azo groups is 2. The molecule has 12 nitrogen and oxygen atoms in total. The molecule has 0 aliphatic carbocycles. The van der Waals surface area contributed by atoms with Gasteiger partial charge in [-0.2, -0.15) is 10.2 Å². The Morgan fingerprint density at radius 1 is 0.766 bits per heavy atom. The first-order valence-corrected chi connectivity index (χ1v) is 14.9. The molecule has 0 bridgehead atoms. The van der Waals surface area contributed by atoms with E-state index in [-0.39, 0.29) is 31.5 Å². The first kappa shape index (κ1) is 34.0.